The minimum atomic E-state index is 0.203. The Kier molecular flexibility index (Phi) is 8.64. The van der Waals surface area contributed by atoms with Crippen LogP contribution in [0.25, 0.3) is 0 Å². The van der Waals surface area contributed by atoms with Crippen LogP contribution in [0.5, 0.6) is 0 Å². The molecule has 0 radical (unpaired) electrons. The number of hydrogen-bond acceptors (Lipinski definition) is 2. The number of carbonyl (C=O) groups excluding carboxylic acids is 1. The molecule has 0 saturated carbocycles. The van der Waals surface area contributed by atoms with Crippen LogP contribution >= 0.6 is 0 Å². The molecule has 0 spiro atoms. The Labute approximate surface area is 87.9 Å². The van der Waals surface area contributed by atoms with E-state index in [1.54, 1.807) is 0 Å². The van der Waals surface area contributed by atoms with E-state index in [4.69, 9.17) is 0 Å². The largest absolute Gasteiger partial charge is 0.345 e. The first-order valence-electron chi connectivity index (χ1n) is 5.67. The number of amides is 1. The van der Waals surface area contributed by atoms with Gasteiger partial charge in [0.25, 0.3) is 0 Å². The van der Waals surface area contributed by atoms with Crippen molar-refractivity contribution < 1.29 is 4.79 Å². The van der Waals surface area contributed by atoms with Crippen molar-refractivity contribution in [3.8, 4) is 0 Å². The highest BCUT2D eigenvalue weighted by Crippen LogP contribution is 1.96. The normalized spacial score (nSPS) is 10.2. The summed E-state index contributed by atoms with van der Waals surface area (Å²) in [6.45, 7) is 6.57. The molecule has 1 N–H and O–H groups in total. The Balaban J connectivity index is 3.44. The zero-order chi connectivity index (χ0) is 10.8. The van der Waals surface area contributed by atoms with Crippen molar-refractivity contribution in [2.24, 2.45) is 0 Å². The Bertz CT molecular complexity index is 148. The van der Waals surface area contributed by atoms with Crippen LogP contribution in [0.2, 0.25) is 0 Å². The second kappa shape index (κ2) is 9.00. The third-order valence-electron chi connectivity index (χ3n) is 2.23. The van der Waals surface area contributed by atoms with Crippen molar-refractivity contribution in [3.63, 3.8) is 0 Å². The van der Waals surface area contributed by atoms with Gasteiger partial charge in [0.05, 0.1) is 6.54 Å². The molecule has 0 fully saturated rings. The average molecular weight is 200 g/mol. The molecule has 0 bridgehead atoms. The van der Waals surface area contributed by atoms with Crippen LogP contribution in [0.15, 0.2) is 0 Å². The summed E-state index contributed by atoms with van der Waals surface area (Å²) >= 11 is 0. The first-order chi connectivity index (χ1) is 6.72. The second-order valence-electron chi connectivity index (χ2n) is 3.70. The highest BCUT2D eigenvalue weighted by Gasteiger charge is 2.06. The Morgan fingerprint density at radius 3 is 2.50 bits per heavy atom. The topological polar surface area (TPSA) is 32.3 Å². The third kappa shape index (κ3) is 6.89. The molecule has 0 unspecified atom stereocenters. The van der Waals surface area contributed by atoms with Gasteiger partial charge in [-0.05, 0) is 19.4 Å². The number of nitrogens with zero attached hydrogens (tertiary/aromatic N) is 1. The fourth-order valence-corrected chi connectivity index (χ4v) is 1.23. The highest BCUT2D eigenvalue weighted by atomic mass is 16.2. The lowest BCUT2D eigenvalue weighted by Gasteiger charge is -2.17. The van der Waals surface area contributed by atoms with E-state index >= 15 is 0 Å². The predicted molar refractivity (Wildman–Crippen MR) is 60.3 cm³/mol. The van der Waals surface area contributed by atoms with Crippen LogP contribution < -0.4 is 5.32 Å². The van der Waals surface area contributed by atoms with E-state index in [0.717, 1.165) is 25.9 Å². The number of hydrogen-bond donors (Lipinski definition) is 1. The molecule has 0 aromatic rings. The van der Waals surface area contributed by atoms with Gasteiger partial charge in [-0.1, -0.05) is 26.7 Å². The van der Waals surface area contributed by atoms with Gasteiger partial charge in [-0.15, -0.1) is 0 Å². The summed E-state index contributed by atoms with van der Waals surface area (Å²) in [7, 11) is 1.88. The summed E-state index contributed by atoms with van der Waals surface area (Å²) in [6.07, 6.45) is 4.61. The van der Waals surface area contributed by atoms with Crippen LogP contribution in [-0.4, -0.2) is 37.5 Å². The Hall–Kier alpha value is -0.570. The average Bonchev–Trinajstić information content (AvgIpc) is 2.18. The number of likely N-dealkylation sites (N-methyl/N-ethyl adjacent to an activating group) is 1. The summed E-state index contributed by atoms with van der Waals surface area (Å²) in [6, 6.07) is 0. The number of unbranched alkanes of at least 4 members (excludes halogenated alkanes) is 2. The first kappa shape index (κ1) is 13.4. The first-order valence-corrected chi connectivity index (χ1v) is 5.67. The maximum absolute atomic E-state index is 11.5. The standard InChI is InChI=1S/C11H24N2O/c1-4-6-7-9-13(3)11(14)10-12-8-5-2/h12H,4-10H2,1-3H3. The van der Waals surface area contributed by atoms with Crippen LogP contribution in [-0.2, 0) is 4.79 Å². The Morgan fingerprint density at radius 2 is 1.93 bits per heavy atom. The lowest BCUT2D eigenvalue weighted by atomic mass is 10.2. The zero-order valence-corrected chi connectivity index (χ0v) is 9.81. The fourth-order valence-electron chi connectivity index (χ4n) is 1.23. The van der Waals surface area contributed by atoms with E-state index < -0.39 is 0 Å². The van der Waals surface area contributed by atoms with Gasteiger partial charge in [-0.3, -0.25) is 4.79 Å². The van der Waals surface area contributed by atoms with E-state index in [2.05, 4.69) is 19.2 Å². The van der Waals surface area contributed by atoms with E-state index in [-0.39, 0.29) is 5.91 Å². The molecule has 84 valence electrons. The molecule has 0 aliphatic rings. The summed E-state index contributed by atoms with van der Waals surface area (Å²) in [4.78, 5) is 13.3. The zero-order valence-electron chi connectivity index (χ0n) is 9.81. The molecule has 0 atom stereocenters. The molecule has 0 saturated heterocycles. The van der Waals surface area contributed by atoms with Crippen molar-refractivity contribution in [2.45, 2.75) is 39.5 Å². The molecule has 3 heteroatoms. The SMILES string of the molecule is CCCCCN(C)C(=O)CNCCC. The van der Waals surface area contributed by atoms with Gasteiger partial charge < -0.3 is 10.2 Å². The van der Waals surface area contributed by atoms with Crippen molar-refractivity contribution in [1.82, 2.24) is 10.2 Å². The number of carbonyl (C=O) groups is 1. The summed E-state index contributed by atoms with van der Waals surface area (Å²) in [5.74, 6) is 0.203. The monoisotopic (exact) mass is 200 g/mol. The van der Waals surface area contributed by atoms with Gasteiger partial charge in [-0.2, -0.15) is 0 Å². The van der Waals surface area contributed by atoms with Gasteiger partial charge in [0.15, 0.2) is 0 Å². The lowest BCUT2D eigenvalue weighted by molar-refractivity contribution is -0.129. The smallest absolute Gasteiger partial charge is 0.236 e. The van der Waals surface area contributed by atoms with E-state index in [0.29, 0.717) is 6.54 Å². The lowest BCUT2D eigenvalue weighted by Crippen LogP contribution is -2.36. The Morgan fingerprint density at radius 1 is 1.21 bits per heavy atom. The molecular formula is C11H24N2O. The molecule has 0 rings (SSSR count). The van der Waals surface area contributed by atoms with E-state index in [1.807, 2.05) is 11.9 Å². The minimum Gasteiger partial charge on any atom is -0.345 e. The molecule has 0 aromatic carbocycles. The predicted octanol–water partition coefficient (Wildman–Crippen LogP) is 1.63. The van der Waals surface area contributed by atoms with Crippen LogP contribution in [0.1, 0.15) is 39.5 Å². The molecule has 0 aliphatic carbocycles. The van der Waals surface area contributed by atoms with Gasteiger partial charge in [0, 0.05) is 13.6 Å². The molecular weight excluding hydrogens is 176 g/mol. The van der Waals surface area contributed by atoms with Gasteiger partial charge in [-0.25, -0.2) is 0 Å². The van der Waals surface area contributed by atoms with Gasteiger partial charge in [0.2, 0.25) is 5.91 Å². The maximum Gasteiger partial charge on any atom is 0.236 e. The second-order valence-corrected chi connectivity index (χ2v) is 3.70. The molecule has 14 heavy (non-hydrogen) atoms. The molecule has 3 nitrogen and oxygen atoms in total. The highest BCUT2D eigenvalue weighted by molar-refractivity contribution is 5.77. The van der Waals surface area contributed by atoms with Crippen molar-refractivity contribution in [2.75, 3.05) is 26.7 Å². The quantitative estimate of drug-likeness (QED) is 0.604. The third-order valence-corrected chi connectivity index (χ3v) is 2.23. The summed E-state index contributed by atoms with van der Waals surface area (Å²) in [5, 5.41) is 3.11. The van der Waals surface area contributed by atoms with Crippen molar-refractivity contribution in [3.05, 3.63) is 0 Å². The van der Waals surface area contributed by atoms with E-state index in [9.17, 15) is 4.79 Å². The molecule has 0 heterocycles. The van der Waals surface area contributed by atoms with Gasteiger partial charge >= 0.3 is 0 Å². The molecule has 0 aliphatic heterocycles. The van der Waals surface area contributed by atoms with Crippen LogP contribution in [0, 0.1) is 0 Å². The number of nitrogens with one attached hydrogen (secondary N) is 1. The van der Waals surface area contributed by atoms with Crippen LogP contribution in [0.4, 0.5) is 0 Å². The van der Waals surface area contributed by atoms with Crippen LogP contribution in [0.3, 0.4) is 0 Å². The van der Waals surface area contributed by atoms with Gasteiger partial charge in [0.1, 0.15) is 0 Å². The summed E-state index contributed by atoms with van der Waals surface area (Å²) < 4.78 is 0. The maximum atomic E-state index is 11.5. The summed E-state index contributed by atoms with van der Waals surface area (Å²) in [5.41, 5.74) is 0. The molecule has 1 amide bonds. The number of rotatable bonds is 8. The van der Waals surface area contributed by atoms with E-state index in [1.165, 1.54) is 12.8 Å². The fraction of sp³-hybridized carbons (Fsp3) is 0.909. The van der Waals surface area contributed by atoms with Crippen molar-refractivity contribution in [1.29, 1.82) is 0 Å². The minimum absolute atomic E-state index is 0.203. The molecule has 0 aromatic heterocycles. The van der Waals surface area contributed by atoms with Crippen molar-refractivity contribution >= 4 is 5.91 Å².